The minimum Gasteiger partial charge on any atom is -0.507 e. The molecule has 0 aliphatic heterocycles. The molecule has 0 fully saturated rings. The second kappa shape index (κ2) is 5.87. The first-order valence-corrected chi connectivity index (χ1v) is 6.55. The number of anilines is 1. The second-order valence-electron chi connectivity index (χ2n) is 3.83. The Kier molecular flexibility index (Phi) is 4.18. The van der Waals surface area contributed by atoms with Gasteiger partial charge < -0.3 is 15.5 Å². The molecule has 0 saturated heterocycles. The Morgan fingerprint density at radius 2 is 2.00 bits per heavy atom. The maximum absolute atomic E-state index is 12.0. The molecule has 0 spiro atoms. The first kappa shape index (κ1) is 14.3. The highest BCUT2D eigenvalue weighted by Crippen LogP contribution is 2.21. The van der Waals surface area contributed by atoms with Gasteiger partial charge in [0.1, 0.15) is 17.1 Å². The van der Waals surface area contributed by atoms with Gasteiger partial charge in [-0.15, -0.1) is 0 Å². The molecule has 1 aromatic carbocycles. The van der Waals surface area contributed by atoms with E-state index in [1.165, 1.54) is 30.5 Å². The van der Waals surface area contributed by atoms with E-state index in [1.54, 1.807) is 6.07 Å². The van der Waals surface area contributed by atoms with Gasteiger partial charge in [-0.3, -0.25) is 4.79 Å². The molecule has 2 aromatic rings. The van der Waals surface area contributed by atoms with Crippen LogP contribution in [0.25, 0.3) is 0 Å². The number of nitrogens with one attached hydrogen (secondary N) is 1. The lowest BCUT2D eigenvalue weighted by atomic mass is 10.2. The van der Waals surface area contributed by atoms with Gasteiger partial charge in [0.25, 0.3) is 5.91 Å². The van der Waals surface area contributed by atoms with Crippen molar-refractivity contribution >= 4 is 40.3 Å². The number of hydrogen-bond acceptors (Lipinski definition) is 4. The number of nitrogens with zero attached hydrogens (tertiary/aromatic N) is 1. The van der Waals surface area contributed by atoms with Gasteiger partial charge in [-0.2, -0.15) is 0 Å². The van der Waals surface area contributed by atoms with Crippen molar-refractivity contribution in [2.45, 2.75) is 0 Å². The summed E-state index contributed by atoms with van der Waals surface area (Å²) in [5, 5.41) is 21.0. The number of aromatic carboxylic acids is 1. The molecule has 0 aliphatic rings. The first-order chi connectivity index (χ1) is 9.49. The second-order valence-corrected chi connectivity index (χ2v) is 4.99. The first-order valence-electron chi connectivity index (χ1n) is 5.47. The number of benzene rings is 1. The molecule has 0 radical (unpaired) electrons. The van der Waals surface area contributed by atoms with Crippen molar-refractivity contribution in [2.75, 3.05) is 5.32 Å². The van der Waals surface area contributed by atoms with E-state index < -0.39 is 11.9 Å². The summed E-state index contributed by atoms with van der Waals surface area (Å²) in [4.78, 5) is 26.8. The number of aromatic nitrogens is 1. The number of halogens is 1. The third-order valence-electron chi connectivity index (χ3n) is 2.48. The van der Waals surface area contributed by atoms with Crippen LogP contribution in [0.3, 0.4) is 0 Å². The monoisotopic (exact) mass is 384 g/mol. The molecular weight excluding hydrogens is 375 g/mol. The highest BCUT2D eigenvalue weighted by molar-refractivity contribution is 14.1. The smallest absolute Gasteiger partial charge is 0.339 e. The minimum absolute atomic E-state index is 0.0160. The van der Waals surface area contributed by atoms with E-state index in [0.717, 1.165) is 0 Å². The number of phenolic OH excluding ortho intramolecular Hbond substituents is 1. The SMILES string of the molecule is O=C(Nc1ncccc1C(=O)O)c1ccc(I)c(O)c1. The van der Waals surface area contributed by atoms with Crippen LogP contribution < -0.4 is 5.32 Å². The lowest BCUT2D eigenvalue weighted by Gasteiger charge is -2.07. The third-order valence-corrected chi connectivity index (χ3v) is 3.39. The highest BCUT2D eigenvalue weighted by atomic mass is 127. The Balaban J connectivity index is 2.28. The Labute approximate surface area is 127 Å². The van der Waals surface area contributed by atoms with Crippen molar-refractivity contribution < 1.29 is 19.8 Å². The maximum atomic E-state index is 12.0. The molecule has 1 aromatic heterocycles. The molecule has 7 heteroatoms. The Morgan fingerprint density at radius 1 is 1.25 bits per heavy atom. The summed E-state index contributed by atoms with van der Waals surface area (Å²) in [5.74, 6) is -1.78. The van der Waals surface area contributed by atoms with Crippen molar-refractivity contribution in [3.05, 3.63) is 51.2 Å². The number of phenols is 1. The van der Waals surface area contributed by atoms with Gasteiger partial charge >= 0.3 is 5.97 Å². The summed E-state index contributed by atoms with van der Waals surface area (Å²) in [6.45, 7) is 0. The number of carbonyl (C=O) groups excluding carboxylic acids is 1. The van der Waals surface area contributed by atoms with Crippen LogP contribution >= 0.6 is 22.6 Å². The zero-order chi connectivity index (χ0) is 14.7. The standard InChI is InChI=1S/C13H9IN2O4/c14-9-4-3-7(6-10(9)17)12(18)16-11-8(13(19)20)2-1-5-15-11/h1-6,17H,(H,19,20)(H,15,16,18). The van der Waals surface area contributed by atoms with Gasteiger partial charge in [0, 0.05) is 11.8 Å². The fourth-order valence-electron chi connectivity index (χ4n) is 1.51. The van der Waals surface area contributed by atoms with Gasteiger partial charge in [0.15, 0.2) is 0 Å². The minimum atomic E-state index is -1.18. The number of pyridine rings is 1. The molecule has 2 rings (SSSR count). The van der Waals surface area contributed by atoms with Crippen molar-refractivity contribution in [1.82, 2.24) is 4.98 Å². The van der Waals surface area contributed by atoms with Crippen LogP contribution in [-0.4, -0.2) is 27.1 Å². The zero-order valence-electron chi connectivity index (χ0n) is 10.0. The molecular formula is C13H9IN2O4. The number of carboxylic acids is 1. The fraction of sp³-hybridized carbons (Fsp3) is 0. The lowest BCUT2D eigenvalue weighted by Crippen LogP contribution is -2.16. The maximum Gasteiger partial charge on any atom is 0.339 e. The summed E-state index contributed by atoms with van der Waals surface area (Å²) in [5.41, 5.74) is 0.112. The van der Waals surface area contributed by atoms with Gasteiger partial charge in [-0.1, -0.05) is 0 Å². The van der Waals surface area contributed by atoms with E-state index in [4.69, 9.17) is 5.11 Å². The molecule has 0 atom stereocenters. The zero-order valence-corrected chi connectivity index (χ0v) is 12.2. The van der Waals surface area contributed by atoms with E-state index in [0.29, 0.717) is 3.57 Å². The molecule has 1 amide bonds. The number of amides is 1. The van der Waals surface area contributed by atoms with E-state index in [2.05, 4.69) is 10.3 Å². The summed E-state index contributed by atoms with van der Waals surface area (Å²) < 4.78 is 0.614. The van der Waals surface area contributed by atoms with Crippen LogP contribution in [0.4, 0.5) is 5.82 Å². The predicted molar refractivity (Wildman–Crippen MR) is 80.0 cm³/mol. The Hall–Kier alpha value is -2.16. The number of carbonyl (C=O) groups is 2. The third kappa shape index (κ3) is 3.05. The van der Waals surface area contributed by atoms with Crippen LogP contribution in [0.5, 0.6) is 5.75 Å². The molecule has 3 N–H and O–H groups in total. The van der Waals surface area contributed by atoms with E-state index in [9.17, 15) is 14.7 Å². The average molecular weight is 384 g/mol. The van der Waals surface area contributed by atoms with Crippen LogP contribution in [-0.2, 0) is 0 Å². The summed E-state index contributed by atoms with van der Waals surface area (Å²) in [6.07, 6.45) is 1.38. The number of aromatic hydroxyl groups is 1. The topological polar surface area (TPSA) is 99.5 Å². The molecule has 0 aliphatic carbocycles. The molecule has 20 heavy (non-hydrogen) atoms. The van der Waals surface area contributed by atoms with Crippen molar-refractivity contribution in [1.29, 1.82) is 0 Å². The fourth-order valence-corrected chi connectivity index (χ4v) is 1.85. The highest BCUT2D eigenvalue weighted by Gasteiger charge is 2.15. The Bertz CT molecular complexity index is 688. The molecule has 102 valence electrons. The quantitative estimate of drug-likeness (QED) is 0.706. The van der Waals surface area contributed by atoms with Crippen molar-refractivity contribution in [3.8, 4) is 5.75 Å². The molecule has 0 unspecified atom stereocenters. The van der Waals surface area contributed by atoms with Gasteiger partial charge in [0.2, 0.25) is 0 Å². The number of hydrogen-bond donors (Lipinski definition) is 3. The lowest BCUT2D eigenvalue weighted by molar-refractivity contribution is 0.0697. The normalized spacial score (nSPS) is 10.1. The predicted octanol–water partition coefficient (Wildman–Crippen LogP) is 2.34. The van der Waals surface area contributed by atoms with Gasteiger partial charge in [-0.25, -0.2) is 9.78 Å². The van der Waals surface area contributed by atoms with E-state index in [1.807, 2.05) is 22.6 Å². The van der Waals surface area contributed by atoms with Crippen LogP contribution in [0.1, 0.15) is 20.7 Å². The summed E-state index contributed by atoms with van der Waals surface area (Å²) in [6, 6.07) is 7.23. The summed E-state index contributed by atoms with van der Waals surface area (Å²) >= 11 is 1.93. The van der Waals surface area contributed by atoms with E-state index >= 15 is 0 Å². The molecule has 1 heterocycles. The summed E-state index contributed by atoms with van der Waals surface area (Å²) in [7, 11) is 0. The average Bonchev–Trinajstić information content (AvgIpc) is 2.42. The van der Waals surface area contributed by atoms with Crippen LogP contribution in [0.15, 0.2) is 36.5 Å². The Morgan fingerprint density at radius 3 is 2.65 bits per heavy atom. The van der Waals surface area contributed by atoms with Gasteiger partial charge in [-0.05, 0) is 52.9 Å². The largest absolute Gasteiger partial charge is 0.507 e. The molecule has 6 nitrogen and oxygen atoms in total. The van der Waals surface area contributed by atoms with Crippen molar-refractivity contribution in [3.63, 3.8) is 0 Å². The number of rotatable bonds is 3. The van der Waals surface area contributed by atoms with Crippen molar-refractivity contribution in [2.24, 2.45) is 0 Å². The number of carboxylic acid groups (broad SMARTS) is 1. The van der Waals surface area contributed by atoms with E-state index in [-0.39, 0.29) is 22.7 Å². The van der Waals surface area contributed by atoms with Gasteiger partial charge in [0.05, 0.1) is 3.57 Å². The van der Waals surface area contributed by atoms with Crippen LogP contribution in [0, 0.1) is 3.57 Å². The molecule has 0 saturated carbocycles. The van der Waals surface area contributed by atoms with Crippen LogP contribution in [0.2, 0.25) is 0 Å². The molecule has 0 bridgehead atoms.